The summed E-state index contributed by atoms with van der Waals surface area (Å²) >= 11 is 9.63. The van der Waals surface area contributed by atoms with Crippen molar-refractivity contribution >= 4 is 49.1 Å². The third-order valence-corrected chi connectivity index (χ3v) is 8.43. The zero-order chi connectivity index (χ0) is 24.2. The van der Waals surface area contributed by atoms with Gasteiger partial charge in [-0.3, -0.25) is 4.79 Å². The van der Waals surface area contributed by atoms with Gasteiger partial charge in [-0.2, -0.15) is 4.31 Å². The van der Waals surface area contributed by atoms with Crippen LogP contribution in [0.5, 0.6) is 5.75 Å². The van der Waals surface area contributed by atoms with E-state index >= 15 is 0 Å². The maximum atomic E-state index is 13.5. The lowest BCUT2D eigenvalue weighted by molar-refractivity contribution is -0.120. The summed E-state index contributed by atoms with van der Waals surface area (Å²) in [6.07, 6.45) is 2.79. The Morgan fingerprint density at radius 2 is 1.85 bits per heavy atom. The van der Waals surface area contributed by atoms with Crippen LogP contribution in [0, 0.1) is 5.92 Å². The molecule has 3 rings (SSSR count). The first-order valence-electron chi connectivity index (χ1n) is 11.3. The van der Waals surface area contributed by atoms with Gasteiger partial charge in [0.2, 0.25) is 15.9 Å². The molecule has 1 N–H and O–H groups in total. The Labute approximate surface area is 209 Å². The number of sulfonamides is 1. The van der Waals surface area contributed by atoms with E-state index in [0.717, 1.165) is 34.1 Å². The van der Waals surface area contributed by atoms with Crippen molar-refractivity contribution in [2.75, 3.05) is 25.0 Å². The van der Waals surface area contributed by atoms with Crippen LogP contribution in [0.15, 0.2) is 39.7 Å². The molecule has 1 saturated heterocycles. The largest absolute Gasteiger partial charge is 0.492 e. The Balaban J connectivity index is 1.84. The summed E-state index contributed by atoms with van der Waals surface area (Å²) in [5.41, 5.74) is 2.94. The number of benzene rings is 2. The molecule has 2 aromatic carbocycles. The summed E-state index contributed by atoms with van der Waals surface area (Å²) in [5.74, 6) is -0.331. The molecule has 1 aliphatic heterocycles. The average Bonchev–Trinajstić information content (AvgIpc) is 2.81. The molecule has 0 unspecified atom stereocenters. The lowest BCUT2D eigenvalue weighted by Crippen LogP contribution is -2.43. The van der Waals surface area contributed by atoms with Crippen LogP contribution in [0.1, 0.15) is 44.7 Å². The van der Waals surface area contributed by atoms with E-state index in [2.05, 4.69) is 21.2 Å². The van der Waals surface area contributed by atoms with Crippen molar-refractivity contribution in [1.82, 2.24) is 4.31 Å². The number of nitrogens with zero attached hydrogens (tertiary/aromatic N) is 1. The van der Waals surface area contributed by atoms with Gasteiger partial charge in [0.15, 0.2) is 0 Å². The summed E-state index contributed by atoms with van der Waals surface area (Å²) in [6.45, 7) is 6.69. The molecular weight excluding hydrogens is 528 g/mol. The molecule has 33 heavy (non-hydrogen) atoms. The number of hydrogen-bond donors (Lipinski definition) is 1. The molecule has 0 aromatic heterocycles. The van der Waals surface area contributed by atoms with Crippen LogP contribution >= 0.6 is 27.5 Å². The number of hydrogen-bond acceptors (Lipinski definition) is 4. The van der Waals surface area contributed by atoms with Gasteiger partial charge < -0.3 is 10.1 Å². The molecule has 0 aliphatic carbocycles. The molecule has 0 bridgehead atoms. The fourth-order valence-corrected chi connectivity index (χ4v) is 6.61. The molecule has 1 heterocycles. The van der Waals surface area contributed by atoms with E-state index in [1.54, 1.807) is 19.1 Å². The van der Waals surface area contributed by atoms with Crippen molar-refractivity contribution in [2.24, 2.45) is 5.92 Å². The number of nitrogens with one attached hydrogen (secondary N) is 1. The first-order valence-corrected chi connectivity index (χ1v) is 13.9. The average molecular weight is 558 g/mol. The third kappa shape index (κ3) is 5.91. The number of carbonyl (C=O) groups excluding carboxylic acids is 1. The topological polar surface area (TPSA) is 75.7 Å². The van der Waals surface area contributed by atoms with Gasteiger partial charge >= 0.3 is 0 Å². The number of piperidine rings is 1. The minimum absolute atomic E-state index is 0.0346. The van der Waals surface area contributed by atoms with Crippen LogP contribution in [0.2, 0.25) is 5.02 Å². The van der Waals surface area contributed by atoms with Crippen molar-refractivity contribution in [3.05, 3.63) is 51.0 Å². The van der Waals surface area contributed by atoms with E-state index in [4.69, 9.17) is 16.3 Å². The predicted octanol–water partition coefficient (Wildman–Crippen LogP) is 5.67. The van der Waals surface area contributed by atoms with Crippen molar-refractivity contribution in [3.63, 3.8) is 0 Å². The molecule has 6 nitrogen and oxygen atoms in total. The highest BCUT2D eigenvalue weighted by molar-refractivity contribution is 9.10. The summed E-state index contributed by atoms with van der Waals surface area (Å²) in [4.78, 5) is 13.3. The molecular formula is C24H30BrClN2O4S. The van der Waals surface area contributed by atoms with Crippen LogP contribution in [0.3, 0.4) is 0 Å². The van der Waals surface area contributed by atoms with Crippen LogP contribution < -0.4 is 10.1 Å². The van der Waals surface area contributed by atoms with Gasteiger partial charge in [-0.25, -0.2) is 8.42 Å². The fraction of sp³-hybridized carbons (Fsp3) is 0.458. The summed E-state index contributed by atoms with van der Waals surface area (Å²) in [7, 11) is -3.87. The number of anilines is 1. The van der Waals surface area contributed by atoms with Crippen LogP contribution in [-0.2, 0) is 27.7 Å². The molecule has 1 atom stereocenters. The van der Waals surface area contributed by atoms with E-state index in [1.165, 1.54) is 10.4 Å². The van der Waals surface area contributed by atoms with Crippen LogP contribution in [0.4, 0.5) is 5.69 Å². The smallest absolute Gasteiger partial charge is 0.246 e. The molecule has 1 amide bonds. The normalized spacial score (nSPS) is 17.1. The maximum absolute atomic E-state index is 13.5. The number of aryl methyl sites for hydroxylation is 2. The number of amides is 1. The van der Waals surface area contributed by atoms with Gasteiger partial charge in [0.05, 0.1) is 12.5 Å². The van der Waals surface area contributed by atoms with Gasteiger partial charge in [0, 0.05) is 28.3 Å². The third-order valence-electron chi connectivity index (χ3n) is 5.85. The van der Waals surface area contributed by atoms with Gasteiger partial charge in [-0.15, -0.1) is 0 Å². The van der Waals surface area contributed by atoms with E-state index in [-0.39, 0.29) is 23.1 Å². The van der Waals surface area contributed by atoms with E-state index in [1.807, 2.05) is 26.0 Å². The SMILES string of the molecule is CCOc1ccc(Cl)cc1S(=O)(=O)N1CCC[C@@H](C(=O)Nc2c(CC)cc(Br)cc2CC)C1. The lowest BCUT2D eigenvalue weighted by atomic mass is 9.97. The van der Waals surface area contributed by atoms with Crippen molar-refractivity contribution in [2.45, 2.75) is 51.3 Å². The molecule has 9 heteroatoms. The van der Waals surface area contributed by atoms with E-state index < -0.39 is 15.9 Å². The molecule has 0 radical (unpaired) electrons. The van der Waals surface area contributed by atoms with Gasteiger partial charge in [-0.1, -0.05) is 41.4 Å². The molecule has 1 aliphatic rings. The Morgan fingerprint density at radius 1 is 1.18 bits per heavy atom. The Morgan fingerprint density at radius 3 is 2.45 bits per heavy atom. The minimum atomic E-state index is -3.87. The number of halogens is 2. The standard InChI is InChI=1S/C24H30BrClN2O4S/c1-4-16-12-19(25)13-17(5-2)23(16)27-24(29)18-8-7-11-28(15-18)33(30,31)22-14-20(26)9-10-21(22)32-6-3/h9-10,12-14,18H,4-8,11,15H2,1-3H3,(H,27,29)/t18-/m1/s1. The zero-order valence-electron chi connectivity index (χ0n) is 19.2. The first-order chi connectivity index (χ1) is 15.7. The highest BCUT2D eigenvalue weighted by atomic mass is 79.9. The highest BCUT2D eigenvalue weighted by Gasteiger charge is 2.35. The monoisotopic (exact) mass is 556 g/mol. The second-order valence-electron chi connectivity index (χ2n) is 8.02. The Kier molecular flexibility index (Phi) is 8.83. The number of ether oxygens (including phenoxy) is 1. The van der Waals surface area contributed by atoms with Crippen molar-refractivity contribution < 1.29 is 17.9 Å². The first kappa shape index (κ1) is 26.0. The van der Waals surface area contributed by atoms with Crippen LogP contribution in [0.25, 0.3) is 0 Å². The molecule has 2 aromatic rings. The van der Waals surface area contributed by atoms with E-state index in [0.29, 0.717) is 31.0 Å². The second kappa shape index (κ2) is 11.2. The zero-order valence-corrected chi connectivity index (χ0v) is 22.3. The second-order valence-corrected chi connectivity index (χ2v) is 11.3. The van der Waals surface area contributed by atoms with Crippen LogP contribution in [-0.4, -0.2) is 38.3 Å². The molecule has 180 valence electrons. The van der Waals surface area contributed by atoms with Gasteiger partial charge in [-0.05, 0) is 74.1 Å². The minimum Gasteiger partial charge on any atom is -0.492 e. The lowest BCUT2D eigenvalue weighted by Gasteiger charge is -2.32. The fourth-order valence-electron chi connectivity index (χ4n) is 4.14. The Bertz CT molecular complexity index is 1100. The summed E-state index contributed by atoms with van der Waals surface area (Å²) < 4.78 is 34.8. The quantitative estimate of drug-likeness (QED) is 0.454. The number of rotatable bonds is 8. The summed E-state index contributed by atoms with van der Waals surface area (Å²) in [6, 6.07) is 8.61. The van der Waals surface area contributed by atoms with Gasteiger partial charge in [0.1, 0.15) is 10.6 Å². The van der Waals surface area contributed by atoms with Crippen molar-refractivity contribution in [1.29, 1.82) is 0 Å². The van der Waals surface area contributed by atoms with E-state index in [9.17, 15) is 13.2 Å². The summed E-state index contributed by atoms with van der Waals surface area (Å²) in [5, 5.41) is 3.42. The number of carbonyl (C=O) groups is 1. The van der Waals surface area contributed by atoms with Crippen molar-refractivity contribution in [3.8, 4) is 5.75 Å². The molecule has 1 fully saturated rings. The Hall–Kier alpha value is -1.61. The highest BCUT2D eigenvalue weighted by Crippen LogP contribution is 2.33. The molecule has 0 spiro atoms. The molecule has 0 saturated carbocycles. The predicted molar refractivity (Wildman–Crippen MR) is 136 cm³/mol. The van der Waals surface area contributed by atoms with Gasteiger partial charge in [0.25, 0.3) is 0 Å². The maximum Gasteiger partial charge on any atom is 0.246 e.